The second kappa shape index (κ2) is 9.21. The molecule has 0 atom stereocenters. The molecule has 0 unspecified atom stereocenters. The van der Waals surface area contributed by atoms with Crippen LogP contribution in [-0.4, -0.2) is 41.7 Å². The molecule has 0 spiro atoms. The molecule has 4 aromatic rings. The Kier molecular flexibility index (Phi) is 6.35. The lowest BCUT2D eigenvalue weighted by atomic mass is 10.2. The van der Waals surface area contributed by atoms with Crippen LogP contribution in [-0.2, 0) is 16.6 Å². The van der Waals surface area contributed by atoms with E-state index in [0.717, 1.165) is 22.2 Å². The molecule has 0 fully saturated rings. The summed E-state index contributed by atoms with van der Waals surface area (Å²) in [6.07, 6.45) is 3.46. The first-order valence-electron chi connectivity index (χ1n) is 10.1. The number of sulfonamides is 1. The molecule has 8 nitrogen and oxygen atoms in total. The second-order valence-corrected chi connectivity index (χ2v) is 9.67. The predicted octanol–water partition coefficient (Wildman–Crippen LogP) is 3.89. The van der Waals surface area contributed by atoms with Crippen molar-refractivity contribution >= 4 is 38.4 Å². The summed E-state index contributed by atoms with van der Waals surface area (Å²) < 4.78 is 32.9. The number of carbonyl (C=O) groups is 1. The van der Waals surface area contributed by atoms with Crippen molar-refractivity contribution in [2.45, 2.75) is 13.5 Å². The van der Waals surface area contributed by atoms with Crippen molar-refractivity contribution in [2.24, 2.45) is 0 Å². The Hall–Kier alpha value is -3.43. The maximum atomic E-state index is 12.4. The predicted molar refractivity (Wildman–Crippen MR) is 127 cm³/mol. The van der Waals surface area contributed by atoms with Gasteiger partial charge < -0.3 is 9.30 Å². The van der Waals surface area contributed by atoms with Crippen molar-refractivity contribution in [2.75, 3.05) is 12.9 Å². The minimum absolute atomic E-state index is 0.0172. The van der Waals surface area contributed by atoms with E-state index in [2.05, 4.69) is 9.97 Å². The lowest BCUT2D eigenvalue weighted by Crippen LogP contribution is -2.32. The third-order valence-corrected chi connectivity index (χ3v) is 6.67. The van der Waals surface area contributed by atoms with Crippen LogP contribution >= 0.6 is 11.6 Å². The first kappa shape index (κ1) is 22.8. The molecule has 0 saturated carbocycles. The number of amides is 1. The van der Waals surface area contributed by atoms with Gasteiger partial charge in [0.25, 0.3) is 5.91 Å². The highest BCUT2D eigenvalue weighted by atomic mass is 35.5. The molecule has 0 aliphatic rings. The van der Waals surface area contributed by atoms with Gasteiger partial charge in [0.1, 0.15) is 11.4 Å². The van der Waals surface area contributed by atoms with Crippen molar-refractivity contribution in [1.82, 2.24) is 19.3 Å². The summed E-state index contributed by atoms with van der Waals surface area (Å²) in [7, 11) is -2.13. The van der Waals surface area contributed by atoms with Gasteiger partial charge in [0, 0.05) is 23.3 Å². The smallest absolute Gasteiger partial charge is 0.283 e. The van der Waals surface area contributed by atoms with Crippen LogP contribution in [0.15, 0.2) is 60.9 Å². The molecule has 0 aliphatic carbocycles. The lowest BCUT2D eigenvalue weighted by Gasteiger charge is -2.12. The molecule has 1 amide bonds. The molecule has 0 radical (unpaired) electrons. The van der Waals surface area contributed by atoms with Gasteiger partial charge in [0.2, 0.25) is 10.0 Å². The van der Waals surface area contributed by atoms with Gasteiger partial charge in [-0.15, -0.1) is 0 Å². The molecule has 4 rings (SSSR count). The summed E-state index contributed by atoms with van der Waals surface area (Å²) in [6.45, 7) is 1.77. The number of hydrogen-bond donors (Lipinski definition) is 1. The number of aromatic nitrogens is 3. The Morgan fingerprint density at radius 2 is 2.00 bits per heavy atom. The number of methoxy groups -OCH3 is 1. The topological polar surface area (TPSA) is 103 Å². The Morgan fingerprint density at radius 3 is 2.70 bits per heavy atom. The van der Waals surface area contributed by atoms with Gasteiger partial charge in [-0.3, -0.25) is 9.78 Å². The number of carbonyl (C=O) groups excluding carboxylic acids is 1. The normalized spacial score (nSPS) is 11.5. The van der Waals surface area contributed by atoms with Crippen molar-refractivity contribution in [3.63, 3.8) is 0 Å². The molecule has 170 valence electrons. The number of hydrogen-bond acceptors (Lipinski definition) is 6. The van der Waals surface area contributed by atoms with Crippen LogP contribution in [0.3, 0.4) is 0 Å². The number of benzene rings is 1. The highest BCUT2D eigenvalue weighted by molar-refractivity contribution is 7.90. The summed E-state index contributed by atoms with van der Waals surface area (Å²) in [5.74, 6) is -0.406. The first-order valence-corrected chi connectivity index (χ1v) is 12.1. The van der Waals surface area contributed by atoms with Crippen molar-refractivity contribution < 1.29 is 17.9 Å². The van der Waals surface area contributed by atoms with E-state index in [-0.39, 0.29) is 11.4 Å². The van der Waals surface area contributed by atoms with Gasteiger partial charge in [-0.25, -0.2) is 18.1 Å². The third kappa shape index (κ3) is 4.84. The highest BCUT2D eigenvalue weighted by Gasteiger charge is 2.18. The molecule has 3 aromatic heterocycles. The number of pyridine rings is 2. The highest BCUT2D eigenvalue weighted by Crippen LogP contribution is 2.35. The maximum Gasteiger partial charge on any atom is 0.283 e. The van der Waals surface area contributed by atoms with E-state index in [4.69, 9.17) is 16.3 Å². The zero-order chi connectivity index (χ0) is 23.6. The Labute approximate surface area is 196 Å². The van der Waals surface area contributed by atoms with E-state index in [0.29, 0.717) is 23.0 Å². The standard InChI is InChI=1S/C23H21ClN4O4S/c1-3-33(30,31)27-23(29)19-8-4-7-17(26-19)14-28-20(15-6-5-9-25-13-15)10-16-11-22(32-2)18(24)12-21(16)28/h4-13H,3,14H2,1-2H3,(H,27,29). The summed E-state index contributed by atoms with van der Waals surface area (Å²) >= 11 is 6.40. The number of nitrogens with one attached hydrogen (secondary N) is 1. The summed E-state index contributed by atoms with van der Waals surface area (Å²) in [6, 6.07) is 14.4. The zero-order valence-electron chi connectivity index (χ0n) is 17.9. The third-order valence-electron chi connectivity index (χ3n) is 5.12. The van der Waals surface area contributed by atoms with Crippen LogP contribution in [0, 0.1) is 0 Å². The van der Waals surface area contributed by atoms with Gasteiger partial charge in [0.05, 0.1) is 41.3 Å². The second-order valence-electron chi connectivity index (χ2n) is 7.25. The largest absolute Gasteiger partial charge is 0.495 e. The fourth-order valence-electron chi connectivity index (χ4n) is 3.46. The fourth-order valence-corrected chi connectivity index (χ4v) is 4.23. The molecular weight excluding hydrogens is 464 g/mol. The lowest BCUT2D eigenvalue weighted by molar-refractivity contribution is 0.0976. The van der Waals surface area contributed by atoms with Gasteiger partial charge in [0.15, 0.2) is 0 Å². The SMILES string of the molecule is CCS(=O)(=O)NC(=O)c1cccc(Cn2c(-c3cccnc3)cc3cc(OC)c(Cl)cc32)n1. The van der Waals surface area contributed by atoms with Gasteiger partial charge in [-0.2, -0.15) is 0 Å². The zero-order valence-corrected chi connectivity index (χ0v) is 19.5. The molecule has 3 heterocycles. The summed E-state index contributed by atoms with van der Waals surface area (Å²) in [4.78, 5) is 21.0. The average Bonchev–Trinajstić information content (AvgIpc) is 3.16. The van der Waals surface area contributed by atoms with Crippen LogP contribution < -0.4 is 9.46 Å². The molecule has 0 saturated heterocycles. The average molecular weight is 485 g/mol. The molecule has 1 N–H and O–H groups in total. The molecular formula is C23H21ClN4O4S. The van der Waals surface area contributed by atoms with Gasteiger partial charge in [-0.1, -0.05) is 17.7 Å². The number of halogens is 1. The van der Waals surface area contributed by atoms with Crippen molar-refractivity contribution in [1.29, 1.82) is 0 Å². The summed E-state index contributed by atoms with van der Waals surface area (Å²) in [5.41, 5.74) is 3.22. The Morgan fingerprint density at radius 1 is 1.18 bits per heavy atom. The number of ether oxygens (including phenoxy) is 1. The van der Waals surface area contributed by atoms with Crippen LogP contribution in [0.25, 0.3) is 22.2 Å². The van der Waals surface area contributed by atoms with E-state index in [1.165, 1.54) is 13.0 Å². The van der Waals surface area contributed by atoms with Gasteiger partial charge in [-0.05, 0) is 49.4 Å². The van der Waals surface area contributed by atoms with Crippen LogP contribution in [0.5, 0.6) is 5.75 Å². The quantitative estimate of drug-likeness (QED) is 0.427. The van der Waals surface area contributed by atoms with E-state index >= 15 is 0 Å². The van der Waals surface area contributed by atoms with Crippen molar-refractivity contribution in [3.05, 3.63) is 77.3 Å². The number of fused-ring (bicyclic) bond motifs is 1. The minimum Gasteiger partial charge on any atom is -0.495 e. The van der Waals surface area contributed by atoms with Crippen LogP contribution in [0.2, 0.25) is 5.02 Å². The van der Waals surface area contributed by atoms with Crippen molar-refractivity contribution in [3.8, 4) is 17.0 Å². The van der Waals surface area contributed by atoms with Crippen LogP contribution in [0.4, 0.5) is 0 Å². The monoisotopic (exact) mass is 484 g/mol. The molecule has 0 bridgehead atoms. The van der Waals surface area contributed by atoms with E-state index in [9.17, 15) is 13.2 Å². The maximum absolute atomic E-state index is 12.4. The van der Waals surface area contributed by atoms with E-state index in [1.807, 2.05) is 39.6 Å². The number of rotatable bonds is 7. The Balaban J connectivity index is 1.78. The first-order chi connectivity index (χ1) is 15.8. The molecule has 33 heavy (non-hydrogen) atoms. The molecule has 1 aromatic carbocycles. The summed E-state index contributed by atoms with van der Waals surface area (Å²) in [5, 5.41) is 1.38. The minimum atomic E-state index is -3.69. The molecule has 10 heteroatoms. The van der Waals surface area contributed by atoms with Crippen LogP contribution in [0.1, 0.15) is 23.1 Å². The Bertz CT molecular complexity index is 1440. The van der Waals surface area contributed by atoms with Gasteiger partial charge >= 0.3 is 0 Å². The number of nitrogens with zero attached hydrogens (tertiary/aromatic N) is 3. The van der Waals surface area contributed by atoms with E-state index in [1.54, 1.807) is 31.6 Å². The van der Waals surface area contributed by atoms with E-state index < -0.39 is 15.9 Å². The fraction of sp³-hybridized carbons (Fsp3) is 0.174. The molecule has 0 aliphatic heterocycles.